The van der Waals surface area contributed by atoms with E-state index in [1.165, 1.54) is 19.3 Å². The summed E-state index contributed by atoms with van der Waals surface area (Å²) in [6.45, 7) is 0. The van der Waals surface area contributed by atoms with Crippen molar-refractivity contribution < 1.29 is 9.59 Å². The normalized spacial score (nSPS) is 22.9. The van der Waals surface area contributed by atoms with Crippen LogP contribution in [0.3, 0.4) is 0 Å². The van der Waals surface area contributed by atoms with Crippen LogP contribution in [0.15, 0.2) is 24.3 Å². The Morgan fingerprint density at radius 3 is 2.45 bits per heavy atom. The van der Waals surface area contributed by atoms with Crippen LogP contribution in [0.25, 0.3) is 0 Å². The summed E-state index contributed by atoms with van der Waals surface area (Å²) in [4.78, 5) is 26.4. The van der Waals surface area contributed by atoms with Gasteiger partial charge in [-0.25, -0.2) is 0 Å². The molecule has 2 amide bonds. The third-order valence-corrected chi connectivity index (χ3v) is 4.82. The fraction of sp³-hybridized carbons (Fsp3) is 0.529. The monoisotopic (exact) mass is 320 g/mol. The lowest BCUT2D eigenvalue weighted by molar-refractivity contribution is -0.124. The van der Waals surface area contributed by atoms with Gasteiger partial charge in [-0.15, -0.1) is 0 Å². The molecule has 3 rings (SSSR count). The number of amides is 2. The molecule has 4 nitrogen and oxygen atoms in total. The summed E-state index contributed by atoms with van der Waals surface area (Å²) in [6, 6.07) is 6.97. The van der Waals surface area contributed by atoms with Crippen molar-refractivity contribution in [3.63, 3.8) is 0 Å². The van der Waals surface area contributed by atoms with Crippen LogP contribution >= 0.6 is 11.6 Å². The van der Waals surface area contributed by atoms with E-state index in [-0.39, 0.29) is 17.9 Å². The molecule has 118 valence electrons. The summed E-state index contributed by atoms with van der Waals surface area (Å²) in [5.74, 6) is -0.0150. The largest absolute Gasteiger partial charge is 0.352 e. The van der Waals surface area contributed by atoms with E-state index >= 15 is 0 Å². The third kappa shape index (κ3) is 3.27. The molecular weight excluding hydrogens is 300 g/mol. The molecule has 1 aromatic carbocycles. The van der Waals surface area contributed by atoms with Crippen molar-refractivity contribution in [1.29, 1.82) is 0 Å². The number of hydrogen-bond acceptors (Lipinski definition) is 2. The van der Waals surface area contributed by atoms with E-state index in [0.717, 1.165) is 18.5 Å². The van der Waals surface area contributed by atoms with Gasteiger partial charge in [0.15, 0.2) is 0 Å². The zero-order chi connectivity index (χ0) is 15.5. The van der Waals surface area contributed by atoms with Crippen LogP contribution < -0.4 is 10.2 Å². The number of nitrogens with zero attached hydrogens (tertiary/aromatic N) is 1. The lowest BCUT2D eigenvalue weighted by Gasteiger charge is -2.28. The van der Waals surface area contributed by atoms with E-state index in [0.29, 0.717) is 17.9 Å². The van der Waals surface area contributed by atoms with Gasteiger partial charge in [-0.2, -0.15) is 0 Å². The van der Waals surface area contributed by atoms with Crippen molar-refractivity contribution >= 4 is 29.1 Å². The number of hydrogen-bond donors (Lipinski definition) is 1. The first kappa shape index (κ1) is 15.3. The molecule has 1 heterocycles. The number of carbonyl (C=O) groups is 2. The van der Waals surface area contributed by atoms with Gasteiger partial charge < -0.3 is 5.32 Å². The van der Waals surface area contributed by atoms with Crippen molar-refractivity contribution in [2.24, 2.45) is 0 Å². The topological polar surface area (TPSA) is 49.4 Å². The number of benzene rings is 1. The van der Waals surface area contributed by atoms with Gasteiger partial charge in [-0.05, 0) is 43.5 Å². The Kier molecular flexibility index (Phi) is 4.67. The molecule has 0 aromatic heterocycles. The van der Waals surface area contributed by atoms with Crippen molar-refractivity contribution in [3.8, 4) is 0 Å². The molecule has 22 heavy (non-hydrogen) atoms. The molecule has 0 bridgehead atoms. The van der Waals surface area contributed by atoms with Crippen LogP contribution in [0.1, 0.15) is 44.9 Å². The quantitative estimate of drug-likeness (QED) is 0.929. The number of anilines is 1. The summed E-state index contributed by atoms with van der Waals surface area (Å²) in [5, 5.41) is 3.76. The van der Waals surface area contributed by atoms with E-state index in [9.17, 15) is 9.59 Å². The highest BCUT2D eigenvalue weighted by Gasteiger charge is 2.37. The third-order valence-electron chi connectivity index (χ3n) is 4.57. The second-order valence-corrected chi connectivity index (χ2v) is 6.57. The second-order valence-electron chi connectivity index (χ2n) is 6.14. The summed E-state index contributed by atoms with van der Waals surface area (Å²) in [6.07, 6.45) is 6.71. The molecule has 0 spiro atoms. The molecule has 1 aliphatic heterocycles. The molecule has 1 N–H and O–H groups in total. The average Bonchev–Trinajstić information content (AvgIpc) is 2.91. The highest BCUT2D eigenvalue weighted by atomic mass is 35.5. The maximum absolute atomic E-state index is 12.6. The van der Waals surface area contributed by atoms with E-state index in [1.807, 2.05) is 0 Å². The lowest BCUT2D eigenvalue weighted by Crippen LogP contribution is -2.48. The van der Waals surface area contributed by atoms with Crippen LogP contribution in [0.2, 0.25) is 5.02 Å². The lowest BCUT2D eigenvalue weighted by atomic mass is 9.95. The first-order valence-corrected chi connectivity index (χ1v) is 8.41. The molecule has 2 aliphatic rings. The Morgan fingerprint density at radius 1 is 1.09 bits per heavy atom. The van der Waals surface area contributed by atoms with Gasteiger partial charge in [-0.1, -0.05) is 30.9 Å². The second kappa shape index (κ2) is 6.69. The van der Waals surface area contributed by atoms with Crippen molar-refractivity contribution in [1.82, 2.24) is 5.32 Å². The van der Waals surface area contributed by atoms with E-state index < -0.39 is 6.04 Å². The Hall–Kier alpha value is -1.55. The van der Waals surface area contributed by atoms with Gasteiger partial charge in [-0.3, -0.25) is 14.5 Å². The highest BCUT2D eigenvalue weighted by Crippen LogP contribution is 2.28. The fourth-order valence-corrected chi connectivity index (χ4v) is 3.53. The molecule has 1 aliphatic carbocycles. The molecule has 1 aromatic rings. The Balaban J connectivity index is 1.72. The van der Waals surface area contributed by atoms with Crippen LogP contribution in [-0.2, 0) is 9.59 Å². The van der Waals surface area contributed by atoms with E-state index in [2.05, 4.69) is 5.32 Å². The summed E-state index contributed by atoms with van der Waals surface area (Å²) in [5.41, 5.74) is 0.746. The Labute approximate surface area is 135 Å². The number of rotatable bonds is 3. The maximum atomic E-state index is 12.6. The predicted molar refractivity (Wildman–Crippen MR) is 87.0 cm³/mol. The van der Waals surface area contributed by atoms with Gasteiger partial charge in [0.1, 0.15) is 6.04 Å². The first-order valence-electron chi connectivity index (χ1n) is 8.03. The van der Waals surface area contributed by atoms with Crippen LogP contribution in [0, 0.1) is 0 Å². The van der Waals surface area contributed by atoms with Crippen molar-refractivity contribution in [3.05, 3.63) is 29.3 Å². The minimum atomic E-state index is -0.393. The first-order chi connectivity index (χ1) is 10.6. The summed E-state index contributed by atoms with van der Waals surface area (Å²) < 4.78 is 0. The van der Waals surface area contributed by atoms with Crippen molar-refractivity contribution in [2.45, 2.75) is 57.0 Å². The number of halogens is 1. The molecule has 5 heteroatoms. The zero-order valence-electron chi connectivity index (χ0n) is 12.6. The molecule has 1 saturated carbocycles. The average molecular weight is 321 g/mol. The minimum absolute atomic E-state index is 0.00566. The van der Waals surface area contributed by atoms with Gasteiger partial charge in [0, 0.05) is 23.2 Å². The number of nitrogens with one attached hydrogen (secondary N) is 1. The minimum Gasteiger partial charge on any atom is -0.352 e. The molecule has 2 fully saturated rings. The van der Waals surface area contributed by atoms with E-state index in [4.69, 9.17) is 11.6 Å². The molecular formula is C17H21ClN2O2. The molecule has 0 radical (unpaired) electrons. The van der Waals surface area contributed by atoms with Gasteiger partial charge in [0.05, 0.1) is 0 Å². The zero-order valence-corrected chi connectivity index (χ0v) is 13.3. The predicted octanol–water partition coefficient (Wildman–Crippen LogP) is 3.28. The Bertz CT molecular complexity index is 552. The van der Waals surface area contributed by atoms with Gasteiger partial charge >= 0.3 is 0 Å². The smallest absolute Gasteiger partial charge is 0.243 e. The fourth-order valence-electron chi connectivity index (χ4n) is 3.40. The maximum Gasteiger partial charge on any atom is 0.243 e. The molecule has 1 atom stereocenters. The standard InChI is InChI=1S/C17H21ClN2O2/c18-12-6-8-14(9-7-12)20-15(10-11-16(20)21)17(22)19-13-4-2-1-3-5-13/h6-9,13,15H,1-5,10-11H2,(H,19,22). The Morgan fingerprint density at radius 2 is 1.77 bits per heavy atom. The van der Waals surface area contributed by atoms with Crippen molar-refractivity contribution in [2.75, 3.05) is 4.90 Å². The van der Waals surface area contributed by atoms with Gasteiger partial charge in [0.25, 0.3) is 0 Å². The SMILES string of the molecule is O=C(NC1CCCCC1)C1CCC(=O)N1c1ccc(Cl)cc1. The summed E-state index contributed by atoms with van der Waals surface area (Å²) in [7, 11) is 0. The van der Waals surface area contributed by atoms with E-state index in [1.54, 1.807) is 29.2 Å². The van der Waals surface area contributed by atoms with Crippen LogP contribution in [-0.4, -0.2) is 23.9 Å². The van der Waals surface area contributed by atoms with Gasteiger partial charge in [0.2, 0.25) is 11.8 Å². The highest BCUT2D eigenvalue weighted by molar-refractivity contribution is 6.30. The summed E-state index contributed by atoms with van der Waals surface area (Å²) >= 11 is 5.90. The van der Waals surface area contributed by atoms with Crippen LogP contribution in [0.5, 0.6) is 0 Å². The number of carbonyl (C=O) groups excluding carboxylic acids is 2. The van der Waals surface area contributed by atoms with Crippen LogP contribution in [0.4, 0.5) is 5.69 Å². The molecule has 1 saturated heterocycles. The molecule has 1 unspecified atom stereocenters.